The smallest absolute Gasteiger partial charge is 0.224 e. The minimum absolute atomic E-state index is 0.165. The number of pyridine rings is 1. The first kappa shape index (κ1) is 16.6. The molecular formula is C18H25N5O. The van der Waals surface area contributed by atoms with E-state index in [0.717, 1.165) is 57.6 Å². The Balaban J connectivity index is 1.60. The summed E-state index contributed by atoms with van der Waals surface area (Å²) in [5.41, 5.74) is 6.66. The van der Waals surface area contributed by atoms with Crippen LogP contribution in [0.1, 0.15) is 37.1 Å². The summed E-state index contributed by atoms with van der Waals surface area (Å²) in [7, 11) is 0. The second-order valence-corrected chi connectivity index (χ2v) is 6.70. The Labute approximate surface area is 142 Å². The molecule has 6 nitrogen and oxygen atoms in total. The molecule has 3 N–H and O–H groups in total. The van der Waals surface area contributed by atoms with Gasteiger partial charge in [-0.25, -0.2) is 4.98 Å². The Morgan fingerprint density at radius 1 is 1.33 bits per heavy atom. The maximum Gasteiger partial charge on any atom is 0.224 e. The summed E-state index contributed by atoms with van der Waals surface area (Å²) in [6.07, 6.45) is 11.8. The normalized spacial score (nSPS) is 21.7. The molecule has 3 heterocycles. The van der Waals surface area contributed by atoms with E-state index in [1.165, 1.54) is 5.56 Å². The van der Waals surface area contributed by atoms with Crippen LogP contribution in [-0.2, 0) is 17.8 Å². The fraction of sp³-hybridized carbons (Fsp3) is 0.500. The van der Waals surface area contributed by atoms with Crippen molar-refractivity contribution >= 4 is 5.91 Å². The van der Waals surface area contributed by atoms with Gasteiger partial charge in [0, 0.05) is 31.3 Å². The van der Waals surface area contributed by atoms with Gasteiger partial charge in [0.2, 0.25) is 5.91 Å². The predicted molar refractivity (Wildman–Crippen MR) is 91.9 cm³/mol. The van der Waals surface area contributed by atoms with E-state index in [1.807, 2.05) is 30.7 Å². The number of imidazole rings is 1. The van der Waals surface area contributed by atoms with Gasteiger partial charge in [-0.15, -0.1) is 0 Å². The fourth-order valence-corrected chi connectivity index (χ4v) is 3.67. The van der Waals surface area contributed by atoms with Crippen LogP contribution >= 0.6 is 0 Å². The maximum absolute atomic E-state index is 12.2. The van der Waals surface area contributed by atoms with Gasteiger partial charge in [0.15, 0.2) is 0 Å². The topological polar surface area (TPSA) is 87.9 Å². The number of aromatic amines is 1. The van der Waals surface area contributed by atoms with Gasteiger partial charge in [0.25, 0.3) is 0 Å². The SMILES string of the molecule is NC(=O)[C@]1(CCCc2ccncc2)CCCN(Cc2ncc[nH]2)C1. The molecule has 1 aliphatic heterocycles. The molecule has 0 unspecified atom stereocenters. The van der Waals surface area contributed by atoms with E-state index in [-0.39, 0.29) is 5.91 Å². The second-order valence-electron chi connectivity index (χ2n) is 6.70. The van der Waals surface area contributed by atoms with E-state index in [4.69, 9.17) is 5.73 Å². The molecule has 1 aliphatic rings. The number of carbonyl (C=O) groups is 1. The molecule has 1 amide bonds. The number of nitrogens with one attached hydrogen (secondary N) is 1. The van der Waals surface area contributed by atoms with Crippen molar-refractivity contribution in [2.24, 2.45) is 11.1 Å². The zero-order valence-corrected chi connectivity index (χ0v) is 13.9. The standard InChI is InChI=1S/C18H25N5O/c19-17(24)18(6-1-3-15-4-8-20-9-5-15)7-2-12-23(14-18)13-16-21-10-11-22-16/h4-5,8-11H,1-3,6-7,12-14H2,(H2,19,24)(H,21,22)/t18-/m1/s1. The molecular weight excluding hydrogens is 302 g/mol. The van der Waals surface area contributed by atoms with E-state index < -0.39 is 5.41 Å². The molecule has 128 valence electrons. The summed E-state index contributed by atoms with van der Waals surface area (Å²) in [6, 6.07) is 4.06. The first-order valence-corrected chi connectivity index (χ1v) is 8.57. The Morgan fingerprint density at radius 3 is 2.88 bits per heavy atom. The highest BCUT2D eigenvalue weighted by Crippen LogP contribution is 2.35. The molecule has 0 aromatic carbocycles. The lowest BCUT2D eigenvalue weighted by Gasteiger charge is -2.40. The molecule has 1 fully saturated rings. The zero-order valence-electron chi connectivity index (χ0n) is 13.9. The number of nitrogens with zero attached hydrogens (tertiary/aromatic N) is 3. The summed E-state index contributed by atoms with van der Waals surface area (Å²) in [4.78, 5) is 26.0. The number of hydrogen-bond donors (Lipinski definition) is 2. The number of aromatic nitrogens is 3. The van der Waals surface area contributed by atoms with Gasteiger partial charge in [-0.3, -0.25) is 14.7 Å². The first-order chi connectivity index (χ1) is 11.7. The molecule has 24 heavy (non-hydrogen) atoms. The quantitative estimate of drug-likeness (QED) is 0.813. The number of piperidine rings is 1. The molecule has 0 spiro atoms. The number of aryl methyl sites for hydroxylation is 1. The monoisotopic (exact) mass is 327 g/mol. The van der Waals surface area contributed by atoms with Gasteiger partial charge in [-0.2, -0.15) is 0 Å². The summed E-state index contributed by atoms with van der Waals surface area (Å²) < 4.78 is 0. The first-order valence-electron chi connectivity index (χ1n) is 8.57. The van der Waals surface area contributed by atoms with Crippen molar-refractivity contribution in [3.8, 4) is 0 Å². The Morgan fingerprint density at radius 2 is 2.17 bits per heavy atom. The van der Waals surface area contributed by atoms with Crippen LogP contribution in [0, 0.1) is 5.41 Å². The van der Waals surface area contributed by atoms with Gasteiger partial charge in [-0.05, 0) is 56.3 Å². The van der Waals surface area contributed by atoms with E-state index in [1.54, 1.807) is 6.20 Å². The van der Waals surface area contributed by atoms with E-state index in [0.29, 0.717) is 0 Å². The lowest BCUT2D eigenvalue weighted by molar-refractivity contribution is -0.131. The van der Waals surface area contributed by atoms with Crippen LogP contribution < -0.4 is 5.73 Å². The van der Waals surface area contributed by atoms with Crippen LogP contribution in [0.4, 0.5) is 0 Å². The maximum atomic E-state index is 12.2. The number of H-pyrrole nitrogens is 1. The van der Waals surface area contributed by atoms with Crippen molar-refractivity contribution < 1.29 is 4.79 Å². The Hall–Kier alpha value is -2.21. The van der Waals surface area contributed by atoms with Crippen LogP contribution in [0.15, 0.2) is 36.9 Å². The van der Waals surface area contributed by atoms with Gasteiger partial charge in [-0.1, -0.05) is 0 Å². The summed E-state index contributed by atoms with van der Waals surface area (Å²) in [5.74, 6) is 0.772. The van der Waals surface area contributed by atoms with Crippen LogP contribution in [0.2, 0.25) is 0 Å². The zero-order chi connectivity index (χ0) is 16.8. The van der Waals surface area contributed by atoms with Crippen molar-refractivity contribution in [1.29, 1.82) is 0 Å². The van der Waals surface area contributed by atoms with E-state index >= 15 is 0 Å². The summed E-state index contributed by atoms with van der Waals surface area (Å²) >= 11 is 0. The number of rotatable bonds is 7. The van der Waals surface area contributed by atoms with Gasteiger partial charge in [0.1, 0.15) is 5.82 Å². The second kappa shape index (κ2) is 7.57. The Bertz CT molecular complexity index is 643. The fourth-order valence-electron chi connectivity index (χ4n) is 3.67. The van der Waals surface area contributed by atoms with Crippen LogP contribution in [-0.4, -0.2) is 38.8 Å². The van der Waals surface area contributed by atoms with Crippen molar-refractivity contribution in [2.45, 2.75) is 38.6 Å². The highest BCUT2D eigenvalue weighted by atomic mass is 16.1. The molecule has 0 bridgehead atoms. The number of nitrogens with two attached hydrogens (primary N) is 1. The molecule has 0 aliphatic carbocycles. The molecule has 2 aromatic heterocycles. The van der Waals surface area contributed by atoms with Crippen molar-refractivity contribution in [1.82, 2.24) is 19.9 Å². The molecule has 0 radical (unpaired) electrons. The van der Waals surface area contributed by atoms with Crippen LogP contribution in [0.3, 0.4) is 0 Å². The Kier molecular flexibility index (Phi) is 5.25. The molecule has 1 atom stereocenters. The highest BCUT2D eigenvalue weighted by molar-refractivity contribution is 5.81. The van der Waals surface area contributed by atoms with Crippen LogP contribution in [0.5, 0.6) is 0 Å². The van der Waals surface area contributed by atoms with Crippen molar-refractivity contribution in [3.05, 3.63) is 48.3 Å². The van der Waals surface area contributed by atoms with Gasteiger partial charge >= 0.3 is 0 Å². The number of carbonyl (C=O) groups excluding carboxylic acids is 1. The molecule has 2 aromatic rings. The number of hydrogen-bond acceptors (Lipinski definition) is 4. The average Bonchev–Trinajstić information content (AvgIpc) is 3.09. The third-order valence-electron chi connectivity index (χ3n) is 4.98. The van der Waals surface area contributed by atoms with Gasteiger partial charge in [0.05, 0.1) is 12.0 Å². The number of likely N-dealkylation sites (tertiary alicyclic amines) is 1. The minimum Gasteiger partial charge on any atom is -0.369 e. The lowest BCUT2D eigenvalue weighted by atomic mass is 9.75. The van der Waals surface area contributed by atoms with Gasteiger partial charge < -0.3 is 10.7 Å². The minimum atomic E-state index is -0.419. The third kappa shape index (κ3) is 4.00. The van der Waals surface area contributed by atoms with Crippen LogP contribution in [0.25, 0.3) is 0 Å². The summed E-state index contributed by atoms with van der Waals surface area (Å²) in [6.45, 7) is 2.45. The number of amides is 1. The third-order valence-corrected chi connectivity index (χ3v) is 4.98. The van der Waals surface area contributed by atoms with E-state index in [2.05, 4.69) is 19.9 Å². The van der Waals surface area contributed by atoms with Crippen molar-refractivity contribution in [3.63, 3.8) is 0 Å². The highest BCUT2D eigenvalue weighted by Gasteiger charge is 2.40. The average molecular weight is 327 g/mol. The predicted octanol–water partition coefficient (Wildman–Crippen LogP) is 1.90. The largest absolute Gasteiger partial charge is 0.369 e. The summed E-state index contributed by atoms with van der Waals surface area (Å²) in [5, 5.41) is 0. The lowest BCUT2D eigenvalue weighted by Crippen LogP contribution is -2.50. The van der Waals surface area contributed by atoms with E-state index in [9.17, 15) is 4.79 Å². The number of primary amides is 1. The molecule has 3 rings (SSSR count). The van der Waals surface area contributed by atoms with Crippen molar-refractivity contribution in [2.75, 3.05) is 13.1 Å². The molecule has 0 saturated carbocycles. The molecule has 1 saturated heterocycles. The molecule has 6 heteroatoms.